The molecule has 46 nitrogen and oxygen atoms in total. The fraction of sp³-hybridized carbons (Fsp3) is 0.595. The number of nitrogens with zero attached hydrogens (tertiary/aromatic N) is 6. The summed E-state index contributed by atoms with van der Waals surface area (Å²) in [7, 11) is 0. The number of guanidine groups is 2. The smallest absolute Gasteiger partial charge is 0.317 e. The Hall–Kier alpha value is -12.7. The van der Waals surface area contributed by atoms with Gasteiger partial charge in [-0.1, -0.05) is 60.7 Å². The largest absolute Gasteiger partial charge is 0.481 e. The molecule has 46 heteroatoms. The van der Waals surface area contributed by atoms with E-state index in [9.17, 15) is 112 Å². The van der Waals surface area contributed by atoms with E-state index in [1.807, 2.05) is 0 Å². The van der Waals surface area contributed by atoms with Crippen LogP contribution in [0.1, 0.15) is 114 Å². The molecule has 5 heterocycles. The molecule has 4 unspecified atom stereocenters. The van der Waals surface area contributed by atoms with Crippen molar-refractivity contribution in [3.05, 3.63) is 71.8 Å². The number of carbonyl (C=O) groups is 18. The second-order valence-corrected chi connectivity index (χ2v) is 31.1. The van der Waals surface area contributed by atoms with Crippen molar-refractivity contribution in [1.82, 2.24) is 99.4 Å². The standard InChI is InChI=1S/C79H117N23O23/c80-78-84-27-23-49(88-78)17-19-54-70(118)86-41-61(104)91-58(39-64(107)108)76(124)97-56(37-47-11-3-1-4-12-47)74(122)93-51(72(120)95-54)15-7-9-25-82-60(103)22-21-53(90-63(106)43-99-29-31-100(44-66(111)112)33-35-102(46-68(115)116)36-34-101(32-30-99)45-67(113)114)69(117)83-26-10-8-16-52-73(121)96-55(20-18-50-24-28-85-79(81)89-50)71(119)87-42-62(105)92-59(40-65(109)110)77(125)98-57(75(123)94-52)38-48-13-5-2-6-14-48/h1-6,11-14,49-59H,7-10,15-46H2,(H,82,103)(H,83,117)(H,86,118)(H,87,119)(H,90,106)(H,91,104)(H,92,105)(H,93,122)(H,94,123)(H,95,120)(H,96,121)(H,97,124)(H,98,125)(H,107,108)(H,109,110)(H,111,112)(H,113,114)(H,115,116)(H3,80,84,88)(H3,81,85,89)/t49?,50?,51-,52?,53-,54-,55-,56?,57+,58-,59-/m0/s1. The quantitative estimate of drug-likeness (QED) is 0.0279. The molecule has 2 aromatic rings. The summed E-state index contributed by atoms with van der Waals surface area (Å²) in [5, 5.41) is 88.6. The fourth-order valence-corrected chi connectivity index (χ4v) is 14.5. The highest BCUT2D eigenvalue weighted by molar-refractivity contribution is 6.00. The van der Waals surface area contributed by atoms with E-state index in [2.05, 4.69) is 89.7 Å². The van der Waals surface area contributed by atoms with Crippen LogP contribution in [0.2, 0.25) is 0 Å². The summed E-state index contributed by atoms with van der Waals surface area (Å²) in [5.41, 5.74) is 12.9. The van der Waals surface area contributed by atoms with E-state index in [-0.39, 0.29) is 173 Å². The van der Waals surface area contributed by atoms with E-state index in [0.717, 1.165) is 0 Å². The molecule has 125 heavy (non-hydrogen) atoms. The third kappa shape index (κ3) is 37.5. The molecular weight excluding hydrogens is 1640 g/mol. The van der Waals surface area contributed by atoms with E-state index >= 15 is 0 Å². The number of nitrogens with two attached hydrogens (primary N) is 2. The van der Waals surface area contributed by atoms with E-state index in [1.54, 1.807) is 80.3 Å². The first-order valence-electron chi connectivity index (χ1n) is 41.7. The molecule has 24 N–H and O–H groups in total. The van der Waals surface area contributed by atoms with Gasteiger partial charge in [0.2, 0.25) is 76.8 Å². The van der Waals surface area contributed by atoms with Crippen molar-refractivity contribution in [3.63, 3.8) is 0 Å². The third-order valence-electron chi connectivity index (χ3n) is 21.2. The molecule has 3 saturated heterocycles. The first-order chi connectivity index (χ1) is 59.7. The van der Waals surface area contributed by atoms with Gasteiger partial charge in [-0.2, -0.15) is 0 Å². The normalized spacial score (nSPS) is 23.5. The molecule has 0 spiro atoms. The lowest BCUT2D eigenvalue weighted by Crippen LogP contribution is -2.58. The van der Waals surface area contributed by atoms with Crippen LogP contribution in [0.25, 0.3) is 0 Å². The molecule has 0 aromatic heterocycles. The number of hydrogen-bond acceptors (Lipinski definition) is 28. The number of amides is 13. The number of benzene rings is 2. The summed E-state index contributed by atoms with van der Waals surface area (Å²) in [6.07, 6.45) is -1.63. The van der Waals surface area contributed by atoms with Gasteiger partial charge in [-0.05, 0) is 94.6 Å². The Kier molecular flexibility index (Phi) is 41.4. The van der Waals surface area contributed by atoms with Crippen molar-refractivity contribution in [3.8, 4) is 0 Å². The molecule has 0 radical (unpaired) electrons. The van der Waals surface area contributed by atoms with Crippen LogP contribution in [-0.2, 0) is 99.1 Å². The molecule has 5 aliphatic heterocycles. The Bertz CT molecular complexity index is 4120. The minimum Gasteiger partial charge on any atom is -0.481 e. The molecule has 0 bridgehead atoms. The minimum absolute atomic E-state index is 0.00945. The summed E-state index contributed by atoms with van der Waals surface area (Å²) in [6.45, 7) is -2.46. The van der Waals surface area contributed by atoms with E-state index in [1.165, 1.54) is 0 Å². The molecular formula is C79H117N23O23. The summed E-state index contributed by atoms with van der Waals surface area (Å²) >= 11 is 0. The number of hydrogen-bond donors (Lipinski definition) is 22. The van der Waals surface area contributed by atoms with Gasteiger partial charge in [-0.25, -0.2) is 0 Å². The van der Waals surface area contributed by atoms with Crippen LogP contribution >= 0.6 is 0 Å². The Labute approximate surface area is 720 Å². The topological polar surface area (TPSA) is 679 Å². The lowest BCUT2D eigenvalue weighted by Gasteiger charge is -2.33. The Balaban J connectivity index is 1.10. The Morgan fingerprint density at radius 3 is 1.10 bits per heavy atom. The molecule has 686 valence electrons. The molecule has 11 atom stereocenters. The fourth-order valence-electron chi connectivity index (χ4n) is 14.5. The van der Waals surface area contributed by atoms with Crippen LogP contribution in [0.3, 0.4) is 0 Å². The van der Waals surface area contributed by atoms with Crippen molar-refractivity contribution in [2.75, 3.05) is 118 Å². The highest BCUT2D eigenvalue weighted by Gasteiger charge is 2.38. The van der Waals surface area contributed by atoms with Crippen LogP contribution < -0.4 is 91.2 Å². The molecule has 13 amide bonds. The maximum absolute atomic E-state index is 14.7. The molecule has 2 aromatic carbocycles. The summed E-state index contributed by atoms with van der Waals surface area (Å²) in [4.78, 5) is 259. The Morgan fingerprint density at radius 2 is 0.728 bits per heavy atom. The highest BCUT2D eigenvalue weighted by atomic mass is 16.4. The number of nitrogens with one attached hydrogen (secondary N) is 15. The maximum atomic E-state index is 14.7. The number of aliphatic carboxylic acids is 5. The van der Waals surface area contributed by atoms with Crippen LogP contribution in [0, 0.1) is 0 Å². The summed E-state index contributed by atoms with van der Waals surface area (Å²) < 4.78 is 0. The lowest BCUT2D eigenvalue weighted by molar-refractivity contribution is -0.141. The van der Waals surface area contributed by atoms with Gasteiger partial charge in [-0.15, -0.1) is 0 Å². The van der Waals surface area contributed by atoms with Crippen molar-refractivity contribution in [2.45, 2.75) is 182 Å². The van der Waals surface area contributed by atoms with Crippen LogP contribution in [0.4, 0.5) is 0 Å². The number of carbonyl (C=O) groups excluding carboxylic acids is 13. The van der Waals surface area contributed by atoms with Crippen molar-refractivity contribution in [1.29, 1.82) is 0 Å². The van der Waals surface area contributed by atoms with Gasteiger partial charge in [0.15, 0.2) is 11.9 Å². The number of aliphatic imine (C=N–C) groups is 2. The van der Waals surface area contributed by atoms with Crippen LogP contribution in [0.15, 0.2) is 70.6 Å². The number of carboxylic acid groups (broad SMARTS) is 5. The summed E-state index contributed by atoms with van der Waals surface area (Å²) in [6, 6.07) is 2.57. The third-order valence-corrected chi connectivity index (χ3v) is 21.2. The van der Waals surface area contributed by atoms with Crippen molar-refractivity contribution < 1.29 is 112 Å². The zero-order valence-corrected chi connectivity index (χ0v) is 69.5. The minimum atomic E-state index is -1.74. The molecule has 3 fully saturated rings. The van der Waals surface area contributed by atoms with E-state index in [0.29, 0.717) is 37.1 Å². The first kappa shape index (κ1) is 99.4. The van der Waals surface area contributed by atoms with E-state index < -0.39 is 220 Å². The predicted octanol–water partition coefficient (Wildman–Crippen LogP) is -8.21. The second-order valence-electron chi connectivity index (χ2n) is 31.1. The van der Waals surface area contributed by atoms with Gasteiger partial charge >= 0.3 is 29.8 Å². The second kappa shape index (κ2) is 52.0. The van der Waals surface area contributed by atoms with Crippen molar-refractivity contribution in [2.24, 2.45) is 21.5 Å². The van der Waals surface area contributed by atoms with Crippen molar-refractivity contribution >= 4 is 119 Å². The zero-order valence-electron chi connectivity index (χ0n) is 69.5. The zero-order chi connectivity index (χ0) is 90.9. The van der Waals surface area contributed by atoms with Crippen LogP contribution in [0.5, 0.6) is 0 Å². The molecule has 5 aliphatic rings. The molecule has 7 rings (SSSR count). The Morgan fingerprint density at radius 1 is 0.384 bits per heavy atom. The van der Waals surface area contributed by atoms with E-state index in [4.69, 9.17) is 11.5 Å². The average molecular weight is 1760 g/mol. The first-order valence-corrected chi connectivity index (χ1v) is 41.7. The molecule has 0 aliphatic carbocycles. The predicted molar refractivity (Wildman–Crippen MR) is 444 cm³/mol. The highest BCUT2D eigenvalue weighted by Crippen LogP contribution is 2.17. The number of carboxylic acids is 5. The van der Waals surface area contributed by atoms with Gasteiger partial charge in [0.25, 0.3) is 0 Å². The number of rotatable bonds is 37. The summed E-state index contributed by atoms with van der Waals surface area (Å²) in [5.74, 6) is -17.7. The number of unbranched alkanes of at least 4 members (excludes halogenated alkanes) is 2. The van der Waals surface area contributed by atoms with Gasteiger partial charge in [0, 0.05) is 110 Å². The van der Waals surface area contributed by atoms with Gasteiger partial charge in [-0.3, -0.25) is 116 Å². The molecule has 0 saturated carbocycles. The van der Waals surface area contributed by atoms with Gasteiger partial charge in [0.1, 0.15) is 54.4 Å². The van der Waals surface area contributed by atoms with Crippen LogP contribution in [-0.4, -0.2) is 348 Å². The maximum Gasteiger partial charge on any atom is 0.317 e. The lowest BCUT2D eigenvalue weighted by atomic mass is 10.0. The SMILES string of the molecule is NC1=NCCC(CC[C@@H]2NC(=O)C(CCCCNC(=O)[C@H](CCC(=O)NCCCC[C@@H]3NC(=O)C(Cc4ccccc4)NC(=O)[C@H](CC(=O)O)NC(=O)CNC(=O)[C@H](CCC4CCN=C(N)N4)NC3=O)NC(=O)CN3CCN(CC(=O)O)CCN(CC(=O)O)CCN(CC(=O)O)CC3)NC(=O)[C@@H](Cc3ccccc3)NC(=O)[C@H](CC(=O)O)NC(=O)CNC2=O)N1. The average Bonchev–Trinajstić information content (AvgIpc) is 1.84. The van der Waals surface area contributed by atoms with Gasteiger partial charge < -0.3 is 117 Å². The monoisotopic (exact) mass is 1760 g/mol. The van der Waals surface area contributed by atoms with Gasteiger partial charge in [0.05, 0.1) is 52.1 Å².